The summed E-state index contributed by atoms with van der Waals surface area (Å²) in [6.45, 7) is 3.30. The van der Waals surface area contributed by atoms with Gasteiger partial charge >= 0.3 is 5.97 Å². The SMILES string of the molecule is O=C(O)C[N+]12CN3CN(CP(C3)C1)C2. The Labute approximate surface area is 84.2 Å². The van der Waals surface area contributed by atoms with Gasteiger partial charge in [0.1, 0.15) is 19.6 Å². The van der Waals surface area contributed by atoms with E-state index in [1.165, 1.54) is 12.6 Å². The van der Waals surface area contributed by atoms with E-state index in [4.69, 9.17) is 5.11 Å². The van der Waals surface area contributed by atoms with Crippen LogP contribution in [0.5, 0.6) is 0 Å². The summed E-state index contributed by atoms with van der Waals surface area (Å²) in [5, 5.41) is 8.93. The van der Waals surface area contributed by atoms with Gasteiger partial charge in [-0.3, -0.25) is 4.48 Å². The van der Waals surface area contributed by atoms with E-state index in [1.54, 1.807) is 0 Å². The molecule has 4 rings (SSSR count). The average molecular weight is 216 g/mol. The standard InChI is InChI=1S/C8H14N3O2P/c12-8(13)1-11-3-9-2-10(4-11)6-14(5-9)7-11/h1-7H2/p+1. The molecule has 0 aliphatic carbocycles. The molecule has 2 unspecified atom stereocenters. The van der Waals surface area contributed by atoms with Gasteiger partial charge < -0.3 is 5.11 Å². The minimum atomic E-state index is -0.648. The molecule has 1 N–H and O–H groups in total. The van der Waals surface area contributed by atoms with Crippen molar-refractivity contribution in [2.45, 2.75) is 0 Å². The number of rotatable bonds is 2. The number of carboxylic acids is 1. The summed E-state index contributed by atoms with van der Waals surface area (Å²) in [4.78, 5) is 15.7. The van der Waals surface area contributed by atoms with Crippen LogP contribution in [-0.4, -0.2) is 70.8 Å². The predicted octanol–water partition coefficient (Wildman–Crippen LogP) is -0.240. The summed E-state index contributed by atoms with van der Waals surface area (Å²) in [7, 11) is 0.0699. The van der Waals surface area contributed by atoms with E-state index in [9.17, 15) is 4.79 Å². The maximum absolute atomic E-state index is 10.8. The zero-order valence-corrected chi connectivity index (χ0v) is 8.99. The van der Waals surface area contributed by atoms with Gasteiger partial charge in [0.2, 0.25) is 0 Å². The quantitative estimate of drug-likeness (QED) is 0.511. The van der Waals surface area contributed by atoms with Crippen LogP contribution in [0.3, 0.4) is 0 Å². The molecule has 0 radical (unpaired) electrons. The summed E-state index contributed by atoms with van der Waals surface area (Å²) >= 11 is 0. The largest absolute Gasteiger partial charge is 0.477 e. The van der Waals surface area contributed by atoms with E-state index in [0.29, 0.717) is 6.54 Å². The smallest absolute Gasteiger partial charge is 0.359 e. The Morgan fingerprint density at radius 3 is 2.50 bits per heavy atom. The van der Waals surface area contributed by atoms with Gasteiger partial charge in [-0.1, -0.05) is 0 Å². The molecule has 4 heterocycles. The van der Waals surface area contributed by atoms with Crippen molar-refractivity contribution in [3.8, 4) is 0 Å². The predicted molar refractivity (Wildman–Crippen MR) is 52.6 cm³/mol. The molecule has 2 atom stereocenters. The number of hydrogen-bond donors (Lipinski definition) is 1. The third-order valence-corrected chi connectivity index (χ3v) is 5.77. The summed E-state index contributed by atoms with van der Waals surface area (Å²) < 4.78 is 0.793. The first-order valence-corrected chi connectivity index (χ1v) is 6.79. The molecule has 4 aliphatic heterocycles. The van der Waals surface area contributed by atoms with Crippen LogP contribution in [0.25, 0.3) is 0 Å². The molecule has 4 saturated heterocycles. The molecule has 4 bridgehead atoms. The minimum Gasteiger partial charge on any atom is -0.477 e. The molecule has 5 nitrogen and oxygen atoms in total. The normalized spacial score (nSPS) is 49.6. The van der Waals surface area contributed by atoms with Crippen LogP contribution < -0.4 is 0 Å². The molecule has 4 aliphatic rings. The number of carbonyl (C=O) groups is 1. The number of aliphatic carboxylic acids is 1. The topological polar surface area (TPSA) is 43.8 Å². The Hall–Kier alpha value is -0.220. The third-order valence-electron chi connectivity index (χ3n) is 3.17. The minimum absolute atomic E-state index is 0.0699. The maximum Gasteiger partial charge on any atom is 0.359 e. The summed E-state index contributed by atoms with van der Waals surface area (Å²) in [5.41, 5.74) is 0. The lowest BCUT2D eigenvalue weighted by Gasteiger charge is -2.59. The molecule has 14 heavy (non-hydrogen) atoms. The van der Waals surface area contributed by atoms with Gasteiger partial charge in [-0.15, -0.1) is 0 Å². The monoisotopic (exact) mass is 216 g/mol. The van der Waals surface area contributed by atoms with Crippen molar-refractivity contribution >= 4 is 13.9 Å². The second kappa shape index (κ2) is 2.89. The van der Waals surface area contributed by atoms with Gasteiger partial charge in [0, 0.05) is 12.6 Å². The van der Waals surface area contributed by atoms with Crippen molar-refractivity contribution < 1.29 is 14.4 Å². The summed E-state index contributed by atoms with van der Waals surface area (Å²) in [5.74, 6) is -0.648. The number of quaternary nitrogens is 1. The fraction of sp³-hybridized carbons (Fsp3) is 0.875. The highest BCUT2D eigenvalue weighted by molar-refractivity contribution is 7.57. The molecule has 0 aromatic heterocycles. The summed E-state index contributed by atoms with van der Waals surface area (Å²) in [6, 6.07) is 0. The van der Waals surface area contributed by atoms with Crippen LogP contribution in [-0.2, 0) is 4.79 Å². The van der Waals surface area contributed by atoms with E-state index < -0.39 is 5.97 Å². The van der Waals surface area contributed by atoms with Gasteiger partial charge in [-0.25, -0.2) is 14.6 Å². The van der Waals surface area contributed by atoms with Crippen molar-refractivity contribution in [1.29, 1.82) is 0 Å². The summed E-state index contributed by atoms with van der Waals surface area (Å²) in [6.07, 6.45) is 3.62. The van der Waals surface area contributed by atoms with Crippen LogP contribution in [0.15, 0.2) is 0 Å². The number of hydrogen-bond acceptors (Lipinski definition) is 3. The highest BCUT2D eigenvalue weighted by Gasteiger charge is 2.50. The lowest BCUT2D eigenvalue weighted by atomic mass is 10.4. The molecule has 0 amide bonds. The second-order valence-electron chi connectivity index (χ2n) is 4.75. The van der Waals surface area contributed by atoms with Crippen molar-refractivity contribution in [2.75, 3.05) is 45.4 Å². The van der Waals surface area contributed by atoms with Gasteiger partial charge in [-0.05, 0) is 7.92 Å². The first-order valence-electron chi connectivity index (χ1n) is 4.89. The molecule has 0 aromatic carbocycles. The highest BCUT2D eigenvalue weighted by Crippen LogP contribution is 2.50. The Morgan fingerprint density at radius 2 is 2.00 bits per heavy atom. The van der Waals surface area contributed by atoms with Gasteiger partial charge in [0.15, 0.2) is 6.54 Å². The molecule has 0 saturated carbocycles. The molecule has 0 spiro atoms. The van der Waals surface area contributed by atoms with Crippen LogP contribution in [0.1, 0.15) is 0 Å². The Kier molecular flexibility index (Phi) is 1.86. The Balaban J connectivity index is 1.83. The maximum atomic E-state index is 10.8. The zero-order valence-electron chi connectivity index (χ0n) is 8.09. The van der Waals surface area contributed by atoms with Gasteiger partial charge in [0.05, 0.1) is 6.67 Å². The van der Waals surface area contributed by atoms with Crippen LogP contribution in [0.4, 0.5) is 0 Å². The van der Waals surface area contributed by atoms with Crippen LogP contribution >= 0.6 is 7.92 Å². The van der Waals surface area contributed by atoms with Crippen molar-refractivity contribution in [3.05, 3.63) is 0 Å². The molecular formula is C8H15N3O2P+. The molecule has 6 heteroatoms. The van der Waals surface area contributed by atoms with E-state index in [0.717, 1.165) is 30.8 Å². The number of carboxylic acid groups (broad SMARTS) is 1. The lowest BCUT2D eigenvalue weighted by molar-refractivity contribution is -0.942. The average Bonchev–Trinajstić information content (AvgIpc) is 1.96. The van der Waals surface area contributed by atoms with Crippen LogP contribution in [0.2, 0.25) is 0 Å². The second-order valence-corrected chi connectivity index (χ2v) is 6.94. The fourth-order valence-electron chi connectivity index (χ4n) is 3.09. The number of nitrogens with zero attached hydrogens (tertiary/aromatic N) is 3. The van der Waals surface area contributed by atoms with Gasteiger partial charge in [0.25, 0.3) is 0 Å². The molecule has 78 valence electrons. The highest BCUT2D eigenvalue weighted by atomic mass is 31.1. The molecule has 4 fully saturated rings. The fourth-order valence-corrected chi connectivity index (χ4v) is 5.98. The molecule has 0 aromatic rings. The van der Waals surface area contributed by atoms with E-state index in [1.807, 2.05) is 0 Å². The molecular weight excluding hydrogens is 201 g/mol. The first kappa shape index (κ1) is 9.04. The van der Waals surface area contributed by atoms with E-state index in [2.05, 4.69) is 9.80 Å². The van der Waals surface area contributed by atoms with E-state index >= 15 is 0 Å². The third kappa shape index (κ3) is 1.36. The van der Waals surface area contributed by atoms with E-state index in [-0.39, 0.29) is 7.92 Å². The van der Waals surface area contributed by atoms with Gasteiger partial charge in [-0.2, -0.15) is 0 Å². The first-order chi connectivity index (χ1) is 6.65. The van der Waals surface area contributed by atoms with Crippen molar-refractivity contribution in [1.82, 2.24) is 9.80 Å². The van der Waals surface area contributed by atoms with Crippen LogP contribution in [0, 0.1) is 0 Å². The zero-order chi connectivity index (χ0) is 9.76. The van der Waals surface area contributed by atoms with Crippen molar-refractivity contribution in [2.24, 2.45) is 0 Å². The van der Waals surface area contributed by atoms with Crippen molar-refractivity contribution in [3.63, 3.8) is 0 Å². The Bertz CT molecular complexity index is 248. The Morgan fingerprint density at radius 1 is 1.36 bits per heavy atom. The lowest BCUT2D eigenvalue weighted by Crippen LogP contribution is -2.72.